The van der Waals surface area contributed by atoms with Crippen molar-refractivity contribution < 1.29 is 4.39 Å². The van der Waals surface area contributed by atoms with Crippen LogP contribution in [0.5, 0.6) is 0 Å². The molecule has 0 fully saturated rings. The summed E-state index contributed by atoms with van der Waals surface area (Å²) in [5.41, 5.74) is 7.43. The van der Waals surface area contributed by atoms with Gasteiger partial charge in [-0.1, -0.05) is 6.07 Å². The van der Waals surface area contributed by atoms with Crippen LogP contribution in [0.3, 0.4) is 0 Å². The van der Waals surface area contributed by atoms with Crippen molar-refractivity contribution >= 4 is 27.6 Å². The summed E-state index contributed by atoms with van der Waals surface area (Å²) in [6.45, 7) is 0. The van der Waals surface area contributed by atoms with Crippen LogP contribution in [-0.4, -0.2) is 9.55 Å². The second-order valence-corrected chi connectivity index (χ2v) is 3.79. The van der Waals surface area contributed by atoms with Crippen LogP contribution in [0.2, 0.25) is 0 Å². The summed E-state index contributed by atoms with van der Waals surface area (Å²) >= 11 is 0. The van der Waals surface area contributed by atoms with Crippen LogP contribution in [0, 0.1) is 5.82 Å². The average Bonchev–Trinajstić information content (AvgIpc) is 2.56. The quantitative estimate of drug-likeness (QED) is 0.626. The van der Waals surface area contributed by atoms with Crippen molar-refractivity contribution in [3.63, 3.8) is 0 Å². The van der Waals surface area contributed by atoms with Crippen molar-refractivity contribution in [2.75, 3.05) is 5.73 Å². The molecule has 0 radical (unpaired) electrons. The molecule has 3 nitrogen and oxygen atoms in total. The normalized spacial score (nSPS) is 11.4. The van der Waals surface area contributed by atoms with E-state index in [2.05, 4.69) is 4.98 Å². The maximum absolute atomic E-state index is 13.8. The number of hydrogen-bond donors (Lipinski definition) is 1. The predicted octanol–water partition coefficient (Wildman–Crippen LogP) is 2.45. The molecule has 3 rings (SSSR count). The van der Waals surface area contributed by atoms with Crippen molar-refractivity contribution in [2.24, 2.45) is 7.05 Å². The fraction of sp³-hybridized carbons (Fsp3) is 0.0833. The third kappa shape index (κ3) is 0.984. The molecule has 0 aliphatic rings. The Balaban J connectivity index is 2.71. The molecule has 0 aliphatic carbocycles. The van der Waals surface area contributed by atoms with Crippen molar-refractivity contribution in [1.29, 1.82) is 0 Å². The molecule has 4 heteroatoms. The van der Waals surface area contributed by atoms with Gasteiger partial charge >= 0.3 is 0 Å². The highest BCUT2D eigenvalue weighted by molar-refractivity contribution is 6.11. The van der Waals surface area contributed by atoms with E-state index in [1.54, 1.807) is 18.3 Å². The summed E-state index contributed by atoms with van der Waals surface area (Å²) in [6.07, 6.45) is 1.60. The van der Waals surface area contributed by atoms with E-state index in [-0.39, 0.29) is 5.82 Å². The lowest BCUT2D eigenvalue weighted by molar-refractivity contribution is 0.640. The molecule has 80 valence electrons. The molecule has 16 heavy (non-hydrogen) atoms. The number of anilines is 1. The second-order valence-electron chi connectivity index (χ2n) is 3.79. The lowest BCUT2D eigenvalue weighted by Crippen LogP contribution is -1.95. The summed E-state index contributed by atoms with van der Waals surface area (Å²) < 4.78 is 15.7. The molecule has 1 aromatic carbocycles. The minimum Gasteiger partial charge on any atom is -0.382 e. The molecule has 2 N–H and O–H groups in total. The van der Waals surface area contributed by atoms with Crippen LogP contribution in [0.15, 0.2) is 30.5 Å². The number of benzene rings is 1. The van der Waals surface area contributed by atoms with Crippen LogP contribution in [0.25, 0.3) is 21.8 Å². The molecule has 0 unspecified atom stereocenters. The van der Waals surface area contributed by atoms with Gasteiger partial charge in [0.25, 0.3) is 0 Å². The Morgan fingerprint density at radius 2 is 2.12 bits per heavy atom. The monoisotopic (exact) mass is 215 g/mol. The van der Waals surface area contributed by atoms with Gasteiger partial charge in [-0.2, -0.15) is 0 Å². The fourth-order valence-electron chi connectivity index (χ4n) is 2.20. The molecule has 0 aliphatic heterocycles. The first-order chi connectivity index (χ1) is 7.70. The Kier molecular flexibility index (Phi) is 1.68. The number of aromatic nitrogens is 2. The Bertz CT molecular complexity index is 700. The zero-order chi connectivity index (χ0) is 11.3. The lowest BCUT2D eigenvalue weighted by atomic mass is 10.2. The number of fused-ring (bicyclic) bond motifs is 3. The van der Waals surface area contributed by atoms with E-state index < -0.39 is 0 Å². The summed E-state index contributed by atoms with van der Waals surface area (Å²) in [7, 11) is 1.86. The van der Waals surface area contributed by atoms with Crippen LogP contribution in [0.4, 0.5) is 10.2 Å². The topological polar surface area (TPSA) is 43.8 Å². The molecule has 0 saturated heterocycles. The van der Waals surface area contributed by atoms with Crippen molar-refractivity contribution in [3.8, 4) is 0 Å². The van der Waals surface area contributed by atoms with E-state index in [1.165, 1.54) is 6.07 Å². The molecule has 0 atom stereocenters. The summed E-state index contributed by atoms with van der Waals surface area (Å²) in [6, 6.07) is 6.81. The molecular formula is C12H10FN3. The molecule has 0 saturated carbocycles. The van der Waals surface area contributed by atoms with E-state index in [1.807, 2.05) is 17.7 Å². The van der Waals surface area contributed by atoms with E-state index in [4.69, 9.17) is 5.73 Å². The minimum absolute atomic E-state index is 0.228. The number of nitrogen functional groups attached to an aromatic ring is 1. The summed E-state index contributed by atoms with van der Waals surface area (Å²) in [5.74, 6) is 0.198. The summed E-state index contributed by atoms with van der Waals surface area (Å²) in [4.78, 5) is 4.03. The number of aryl methyl sites for hydroxylation is 1. The number of nitrogens with zero attached hydrogens (tertiary/aromatic N) is 2. The van der Waals surface area contributed by atoms with Crippen molar-refractivity contribution in [2.45, 2.75) is 0 Å². The van der Waals surface area contributed by atoms with E-state index in [0.29, 0.717) is 11.2 Å². The molecular weight excluding hydrogens is 205 g/mol. The van der Waals surface area contributed by atoms with Crippen molar-refractivity contribution in [1.82, 2.24) is 9.55 Å². The molecule has 3 aromatic rings. The standard InChI is InChI=1S/C12H10FN3/c1-16-9-4-2-3-8(13)10(9)7-5-6-15-12(14)11(7)16/h2-6H,1H3,(H2,14,15). The lowest BCUT2D eigenvalue weighted by Gasteiger charge is -1.99. The van der Waals surface area contributed by atoms with Gasteiger partial charge in [0.2, 0.25) is 0 Å². The van der Waals surface area contributed by atoms with Gasteiger partial charge in [-0.3, -0.25) is 0 Å². The number of pyridine rings is 1. The van der Waals surface area contributed by atoms with Crippen LogP contribution in [-0.2, 0) is 7.05 Å². The third-order valence-electron chi connectivity index (χ3n) is 2.91. The van der Waals surface area contributed by atoms with Crippen molar-refractivity contribution in [3.05, 3.63) is 36.3 Å². The highest BCUT2D eigenvalue weighted by Crippen LogP contribution is 2.31. The van der Waals surface area contributed by atoms with Gasteiger partial charge in [0, 0.05) is 24.0 Å². The first-order valence-corrected chi connectivity index (χ1v) is 4.97. The van der Waals surface area contributed by atoms with Gasteiger partial charge in [0.05, 0.1) is 11.0 Å². The molecule has 0 bridgehead atoms. The third-order valence-corrected chi connectivity index (χ3v) is 2.91. The van der Waals surface area contributed by atoms with E-state index >= 15 is 0 Å². The average molecular weight is 215 g/mol. The van der Waals surface area contributed by atoms with Gasteiger partial charge in [-0.05, 0) is 18.2 Å². The largest absolute Gasteiger partial charge is 0.382 e. The van der Waals surface area contributed by atoms with Crippen LogP contribution in [0.1, 0.15) is 0 Å². The molecule has 2 aromatic heterocycles. The number of nitrogens with two attached hydrogens (primary N) is 1. The van der Waals surface area contributed by atoms with Gasteiger partial charge < -0.3 is 10.3 Å². The van der Waals surface area contributed by atoms with Crippen LogP contribution >= 0.6 is 0 Å². The highest BCUT2D eigenvalue weighted by Gasteiger charge is 2.13. The Labute approximate surface area is 91.3 Å². The Morgan fingerprint density at radius 1 is 1.31 bits per heavy atom. The van der Waals surface area contributed by atoms with Gasteiger partial charge in [-0.15, -0.1) is 0 Å². The maximum Gasteiger partial charge on any atom is 0.147 e. The van der Waals surface area contributed by atoms with E-state index in [9.17, 15) is 4.39 Å². The second kappa shape index (κ2) is 2.95. The fourth-order valence-corrected chi connectivity index (χ4v) is 2.20. The Hall–Kier alpha value is -2.10. The summed E-state index contributed by atoms with van der Waals surface area (Å²) in [5, 5.41) is 1.41. The molecule has 0 spiro atoms. The SMILES string of the molecule is Cn1c2cccc(F)c2c2ccnc(N)c21. The zero-order valence-corrected chi connectivity index (χ0v) is 8.74. The first-order valence-electron chi connectivity index (χ1n) is 4.97. The number of rotatable bonds is 0. The molecule has 2 heterocycles. The van der Waals surface area contributed by atoms with Gasteiger partial charge in [0.15, 0.2) is 0 Å². The van der Waals surface area contributed by atoms with Crippen LogP contribution < -0.4 is 5.73 Å². The minimum atomic E-state index is -0.228. The number of hydrogen-bond acceptors (Lipinski definition) is 2. The Morgan fingerprint density at radius 3 is 2.94 bits per heavy atom. The zero-order valence-electron chi connectivity index (χ0n) is 8.74. The number of halogens is 1. The maximum atomic E-state index is 13.8. The predicted molar refractivity (Wildman–Crippen MR) is 62.6 cm³/mol. The van der Waals surface area contributed by atoms with Gasteiger partial charge in [0.1, 0.15) is 11.6 Å². The van der Waals surface area contributed by atoms with E-state index in [0.717, 1.165) is 16.4 Å². The van der Waals surface area contributed by atoms with Gasteiger partial charge in [-0.25, -0.2) is 9.37 Å². The highest BCUT2D eigenvalue weighted by atomic mass is 19.1. The smallest absolute Gasteiger partial charge is 0.147 e. The first kappa shape index (κ1) is 9.15. The molecule has 0 amide bonds.